The van der Waals surface area contributed by atoms with Crippen LogP contribution in [-0.2, 0) is 6.61 Å². The molecule has 3 aromatic rings. The SMILES string of the molecule is Cc1nc(N2CCN(c3nc4ccccc4cc3CO)CC2)sc1C. The maximum atomic E-state index is 9.79. The predicted molar refractivity (Wildman–Crippen MR) is 104 cm³/mol. The van der Waals surface area contributed by atoms with Gasteiger partial charge in [-0.3, -0.25) is 0 Å². The first-order chi connectivity index (χ1) is 12.2. The summed E-state index contributed by atoms with van der Waals surface area (Å²) in [5, 5.41) is 12.0. The number of aryl methyl sites for hydroxylation is 2. The van der Waals surface area contributed by atoms with Crippen molar-refractivity contribution >= 4 is 33.2 Å². The first-order valence-electron chi connectivity index (χ1n) is 8.59. The van der Waals surface area contributed by atoms with Gasteiger partial charge in [-0.2, -0.15) is 0 Å². The molecule has 1 fully saturated rings. The topological polar surface area (TPSA) is 52.5 Å². The maximum Gasteiger partial charge on any atom is 0.185 e. The normalized spacial score (nSPS) is 15.2. The zero-order valence-corrected chi connectivity index (χ0v) is 15.4. The van der Waals surface area contributed by atoms with Crippen LogP contribution in [0.5, 0.6) is 0 Å². The molecule has 0 aliphatic carbocycles. The Balaban J connectivity index is 1.56. The molecule has 0 spiro atoms. The first kappa shape index (κ1) is 16.3. The van der Waals surface area contributed by atoms with Gasteiger partial charge in [0.15, 0.2) is 5.13 Å². The quantitative estimate of drug-likeness (QED) is 0.783. The average molecular weight is 354 g/mol. The smallest absolute Gasteiger partial charge is 0.185 e. The number of anilines is 2. The van der Waals surface area contributed by atoms with Gasteiger partial charge in [0.1, 0.15) is 5.82 Å². The van der Waals surface area contributed by atoms with Gasteiger partial charge in [0.25, 0.3) is 0 Å². The standard InChI is InChI=1S/C19H22N4OS/c1-13-14(2)25-19(20-13)23-9-7-22(8-10-23)18-16(12-24)11-15-5-3-4-6-17(15)21-18/h3-6,11,24H,7-10,12H2,1-2H3. The van der Waals surface area contributed by atoms with E-state index in [0.717, 1.165) is 59.3 Å². The number of hydrogen-bond acceptors (Lipinski definition) is 6. The van der Waals surface area contributed by atoms with E-state index in [9.17, 15) is 5.11 Å². The highest BCUT2D eigenvalue weighted by molar-refractivity contribution is 7.15. The van der Waals surface area contributed by atoms with E-state index in [-0.39, 0.29) is 6.61 Å². The van der Waals surface area contributed by atoms with E-state index in [1.165, 1.54) is 4.88 Å². The summed E-state index contributed by atoms with van der Waals surface area (Å²) >= 11 is 1.77. The van der Waals surface area contributed by atoms with E-state index < -0.39 is 0 Å². The minimum atomic E-state index is 0.0122. The van der Waals surface area contributed by atoms with Crippen LogP contribution in [-0.4, -0.2) is 41.3 Å². The fraction of sp³-hybridized carbons (Fsp3) is 0.368. The molecule has 25 heavy (non-hydrogen) atoms. The Morgan fingerprint density at radius 3 is 2.44 bits per heavy atom. The largest absolute Gasteiger partial charge is 0.392 e. The molecular weight excluding hydrogens is 332 g/mol. The Morgan fingerprint density at radius 2 is 1.76 bits per heavy atom. The summed E-state index contributed by atoms with van der Waals surface area (Å²) in [7, 11) is 0. The second kappa shape index (κ2) is 6.61. The molecule has 2 aromatic heterocycles. The molecule has 5 nitrogen and oxygen atoms in total. The lowest BCUT2D eigenvalue weighted by molar-refractivity contribution is 0.281. The molecule has 1 aliphatic rings. The second-order valence-corrected chi connectivity index (χ2v) is 7.62. The molecule has 0 unspecified atom stereocenters. The van der Waals surface area contributed by atoms with E-state index in [1.807, 2.05) is 24.3 Å². The first-order valence-corrected chi connectivity index (χ1v) is 9.41. The van der Waals surface area contributed by atoms with Crippen molar-refractivity contribution in [2.24, 2.45) is 0 Å². The highest BCUT2D eigenvalue weighted by Crippen LogP contribution is 2.28. The summed E-state index contributed by atoms with van der Waals surface area (Å²) in [5.41, 5.74) is 3.00. The fourth-order valence-corrected chi connectivity index (χ4v) is 4.20. The molecule has 0 radical (unpaired) electrons. The van der Waals surface area contributed by atoms with E-state index in [2.05, 4.69) is 34.7 Å². The Hall–Kier alpha value is -2.18. The third-order valence-electron chi connectivity index (χ3n) is 4.82. The Kier molecular flexibility index (Phi) is 4.31. The van der Waals surface area contributed by atoms with Gasteiger partial charge in [0, 0.05) is 42.0 Å². The van der Waals surface area contributed by atoms with Crippen molar-refractivity contribution in [2.45, 2.75) is 20.5 Å². The molecule has 1 saturated heterocycles. The molecule has 0 atom stereocenters. The van der Waals surface area contributed by atoms with Gasteiger partial charge in [0.2, 0.25) is 0 Å². The number of piperazine rings is 1. The van der Waals surface area contributed by atoms with Gasteiger partial charge in [-0.15, -0.1) is 11.3 Å². The third kappa shape index (κ3) is 3.07. The van der Waals surface area contributed by atoms with Crippen LogP contribution in [0.25, 0.3) is 10.9 Å². The van der Waals surface area contributed by atoms with Crippen LogP contribution in [0.15, 0.2) is 30.3 Å². The average Bonchev–Trinajstić information content (AvgIpc) is 2.99. The predicted octanol–water partition coefficient (Wildman–Crippen LogP) is 3.13. The van der Waals surface area contributed by atoms with Gasteiger partial charge in [-0.1, -0.05) is 18.2 Å². The molecule has 1 aromatic carbocycles. The number of thiazole rings is 1. The van der Waals surface area contributed by atoms with Gasteiger partial charge >= 0.3 is 0 Å². The van der Waals surface area contributed by atoms with Crippen molar-refractivity contribution in [2.75, 3.05) is 36.0 Å². The lowest BCUT2D eigenvalue weighted by atomic mass is 10.1. The zero-order chi connectivity index (χ0) is 17.4. The molecular formula is C19H22N4OS. The van der Waals surface area contributed by atoms with Crippen LogP contribution in [0.2, 0.25) is 0 Å². The summed E-state index contributed by atoms with van der Waals surface area (Å²) < 4.78 is 0. The lowest BCUT2D eigenvalue weighted by Crippen LogP contribution is -2.47. The minimum Gasteiger partial charge on any atom is -0.392 e. The monoisotopic (exact) mass is 354 g/mol. The number of nitrogens with zero attached hydrogens (tertiary/aromatic N) is 4. The highest BCUT2D eigenvalue weighted by Gasteiger charge is 2.22. The van der Waals surface area contributed by atoms with Gasteiger partial charge in [-0.25, -0.2) is 9.97 Å². The van der Waals surface area contributed by atoms with Crippen LogP contribution in [0.1, 0.15) is 16.1 Å². The van der Waals surface area contributed by atoms with Crippen molar-refractivity contribution < 1.29 is 5.11 Å². The summed E-state index contributed by atoms with van der Waals surface area (Å²) in [4.78, 5) is 15.4. The molecule has 0 amide bonds. The summed E-state index contributed by atoms with van der Waals surface area (Å²) in [6, 6.07) is 10.1. The Labute approximate surface area is 151 Å². The molecule has 3 heterocycles. The number of aliphatic hydroxyl groups excluding tert-OH is 1. The number of para-hydroxylation sites is 1. The van der Waals surface area contributed by atoms with E-state index >= 15 is 0 Å². The van der Waals surface area contributed by atoms with Gasteiger partial charge in [0.05, 0.1) is 17.8 Å². The van der Waals surface area contributed by atoms with E-state index in [0.29, 0.717) is 0 Å². The van der Waals surface area contributed by atoms with Crippen LogP contribution < -0.4 is 9.80 Å². The number of hydrogen-bond donors (Lipinski definition) is 1. The van der Waals surface area contributed by atoms with Crippen LogP contribution in [0, 0.1) is 13.8 Å². The molecule has 130 valence electrons. The van der Waals surface area contributed by atoms with E-state index in [1.54, 1.807) is 11.3 Å². The Morgan fingerprint density at radius 1 is 1.04 bits per heavy atom. The lowest BCUT2D eigenvalue weighted by Gasteiger charge is -2.36. The van der Waals surface area contributed by atoms with Gasteiger partial charge < -0.3 is 14.9 Å². The summed E-state index contributed by atoms with van der Waals surface area (Å²) in [5.74, 6) is 0.910. The number of fused-ring (bicyclic) bond motifs is 1. The van der Waals surface area contributed by atoms with Crippen LogP contribution >= 0.6 is 11.3 Å². The molecule has 6 heteroatoms. The van der Waals surface area contributed by atoms with E-state index in [4.69, 9.17) is 4.98 Å². The Bertz CT molecular complexity index is 880. The second-order valence-electron chi connectivity index (χ2n) is 6.43. The molecule has 0 bridgehead atoms. The van der Waals surface area contributed by atoms with Crippen LogP contribution in [0.3, 0.4) is 0 Å². The van der Waals surface area contributed by atoms with Gasteiger partial charge in [-0.05, 0) is 26.0 Å². The van der Waals surface area contributed by atoms with Crippen LogP contribution in [0.4, 0.5) is 10.9 Å². The number of rotatable bonds is 3. The van der Waals surface area contributed by atoms with Crippen molar-refractivity contribution in [1.29, 1.82) is 0 Å². The highest BCUT2D eigenvalue weighted by atomic mass is 32.1. The minimum absolute atomic E-state index is 0.0122. The molecule has 4 rings (SSSR count). The number of aromatic nitrogens is 2. The van der Waals surface area contributed by atoms with Crippen molar-refractivity contribution in [3.63, 3.8) is 0 Å². The number of benzene rings is 1. The number of aliphatic hydroxyl groups is 1. The summed E-state index contributed by atoms with van der Waals surface area (Å²) in [6.45, 7) is 7.82. The molecule has 0 saturated carbocycles. The molecule has 1 N–H and O–H groups in total. The maximum absolute atomic E-state index is 9.79. The van der Waals surface area contributed by atoms with Crippen molar-refractivity contribution in [1.82, 2.24) is 9.97 Å². The summed E-state index contributed by atoms with van der Waals surface area (Å²) in [6.07, 6.45) is 0. The number of pyridine rings is 1. The third-order valence-corrected chi connectivity index (χ3v) is 5.95. The zero-order valence-electron chi connectivity index (χ0n) is 14.6. The van der Waals surface area contributed by atoms with Crippen molar-refractivity contribution in [3.05, 3.63) is 46.5 Å². The van der Waals surface area contributed by atoms with Crippen molar-refractivity contribution in [3.8, 4) is 0 Å². The molecule has 1 aliphatic heterocycles. The fourth-order valence-electron chi connectivity index (χ4n) is 3.24.